The van der Waals surface area contributed by atoms with Crippen molar-refractivity contribution >= 4 is 14.8 Å². The molecule has 0 fully saturated rings. The summed E-state index contributed by atoms with van der Waals surface area (Å²) < 4.78 is 16.2. The maximum atomic E-state index is 10.5. The van der Waals surface area contributed by atoms with Crippen LogP contribution in [0.5, 0.6) is 0 Å². The highest BCUT2D eigenvalue weighted by atomic mass is 28.4. The van der Waals surface area contributed by atoms with Crippen molar-refractivity contribution in [1.29, 1.82) is 0 Å². The van der Waals surface area contributed by atoms with E-state index in [-0.39, 0.29) is 5.57 Å². The third kappa shape index (κ3) is 5.97. The fraction of sp³-hybridized carbons (Fsp3) is 0.727. The number of aliphatic carboxylic acids is 1. The van der Waals surface area contributed by atoms with E-state index in [1.165, 1.54) is 0 Å². The first-order valence-electron chi connectivity index (χ1n) is 5.66. The Balaban J connectivity index is 3.98. The molecule has 0 rings (SSSR count). The molecule has 1 N–H and O–H groups in total. The van der Waals surface area contributed by atoms with Gasteiger partial charge in [0.2, 0.25) is 0 Å². The zero-order chi connectivity index (χ0) is 13.3. The largest absolute Gasteiger partial charge is 0.500 e. The molecule has 0 radical (unpaired) electrons. The van der Waals surface area contributed by atoms with Crippen molar-refractivity contribution in [2.24, 2.45) is 0 Å². The fourth-order valence-electron chi connectivity index (χ4n) is 1.48. The number of hydrogen-bond donors (Lipinski definition) is 1. The van der Waals surface area contributed by atoms with Crippen molar-refractivity contribution < 1.29 is 23.2 Å². The third-order valence-electron chi connectivity index (χ3n) is 2.50. The van der Waals surface area contributed by atoms with Crippen LogP contribution in [0.4, 0.5) is 0 Å². The lowest BCUT2D eigenvalue weighted by Crippen LogP contribution is -2.43. The molecule has 0 aromatic carbocycles. The van der Waals surface area contributed by atoms with Crippen LogP contribution in [0.1, 0.15) is 26.2 Å². The van der Waals surface area contributed by atoms with Gasteiger partial charge in [-0.15, -0.1) is 0 Å². The highest BCUT2D eigenvalue weighted by Crippen LogP contribution is 2.19. The molecule has 0 spiro atoms. The minimum absolute atomic E-state index is 0.239. The fourth-order valence-corrected chi connectivity index (χ4v) is 3.56. The molecule has 0 unspecified atom stereocenters. The number of carboxylic acid groups (broad SMARTS) is 1. The summed E-state index contributed by atoms with van der Waals surface area (Å²) in [6.07, 6.45) is 2.04. The summed E-state index contributed by atoms with van der Waals surface area (Å²) in [7, 11) is 0.650. The van der Waals surface area contributed by atoms with Crippen molar-refractivity contribution in [2.75, 3.05) is 20.8 Å². The van der Waals surface area contributed by atoms with E-state index in [1.54, 1.807) is 14.2 Å². The summed E-state index contributed by atoms with van der Waals surface area (Å²) in [4.78, 5) is 10.5. The van der Waals surface area contributed by atoms with Gasteiger partial charge in [0.05, 0.1) is 0 Å². The van der Waals surface area contributed by atoms with Crippen molar-refractivity contribution in [3.63, 3.8) is 0 Å². The molecule has 5 nitrogen and oxygen atoms in total. The molecule has 0 aliphatic rings. The molecule has 0 amide bonds. The molecule has 0 saturated heterocycles. The summed E-state index contributed by atoms with van der Waals surface area (Å²) in [5.74, 6) is -0.934. The van der Waals surface area contributed by atoms with Crippen LogP contribution in [-0.4, -0.2) is 40.7 Å². The second-order valence-corrected chi connectivity index (χ2v) is 6.61. The van der Waals surface area contributed by atoms with Crippen molar-refractivity contribution in [2.45, 2.75) is 32.2 Å². The van der Waals surface area contributed by atoms with Gasteiger partial charge >= 0.3 is 14.8 Å². The van der Waals surface area contributed by atoms with Crippen molar-refractivity contribution in [3.8, 4) is 0 Å². The smallest absolute Gasteiger partial charge is 0.478 e. The van der Waals surface area contributed by atoms with Crippen LogP contribution in [0, 0.1) is 0 Å². The van der Waals surface area contributed by atoms with E-state index in [2.05, 4.69) is 6.58 Å². The molecule has 100 valence electrons. The minimum Gasteiger partial charge on any atom is -0.478 e. The van der Waals surface area contributed by atoms with Gasteiger partial charge in [-0.25, -0.2) is 4.79 Å². The van der Waals surface area contributed by atoms with Crippen LogP contribution in [0.2, 0.25) is 6.04 Å². The average molecular weight is 262 g/mol. The normalized spacial score (nSPS) is 11.5. The van der Waals surface area contributed by atoms with Crippen LogP contribution in [0.15, 0.2) is 12.2 Å². The van der Waals surface area contributed by atoms with Gasteiger partial charge in [-0.05, 0) is 26.2 Å². The summed E-state index contributed by atoms with van der Waals surface area (Å²) in [5.41, 5.74) is 0.239. The maximum Gasteiger partial charge on any atom is 0.500 e. The number of rotatable bonds is 10. The van der Waals surface area contributed by atoms with E-state index in [0.29, 0.717) is 19.1 Å². The van der Waals surface area contributed by atoms with Crippen LogP contribution >= 0.6 is 0 Å². The first-order valence-corrected chi connectivity index (χ1v) is 7.59. The van der Waals surface area contributed by atoms with Crippen molar-refractivity contribution in [3.05, 3.63) is 12.2 Å². The Kier molecular flexibility index (Phi) is 8.06. The predicted octanol–water partition coefficient (Wildman–Crippen LogP) is 2.07. The monoisotopic (exact) mass is 262 g/mol. The first kappa shape index (κ1) is 16.3. The van der Waals surface area contributed by atoms with Gasteiger partial charge in [-0.1, -0.05) is 6.58 Å². The van der Waals surface area contributed by atoms with E-state index in [1.807, 2.05) is 6.92 Å². The highest BCUT2D eigenvalue weighted by Gasteiger charge is 2.37. The lowest BCUT2D eigenvalue weighted by Gasteiger charge is -2.25. The van der Waals surface area contributed by atoms with Crippen LogP contribution in [0.3, 0.4) is 0 Å². The predicted molar refractivity (Wildman–Crippen MR) is 66.8 cm³/mol. The SMILES string of the molecule is C=C(CCCC[Si](OC)(OC)OCC)C(=O)O. The number of carbonyl (C=O) groups is 1. The summed E-state index contributed by atoms with van der Waals surface area (Å²) >= 11 is 0. The van der Waals surface area contributed by atoms with Crippen molar-refractivity contribution in [1.82, 2.24) is 0 Å². The molecule has 0 aliphatic heterocycles. The van der Waals surface area contributed by atoms with Gasteiger partial charge in [0, 0.05) is 32.4 Å². The Hall–Kier alpha value is -0.693. The van der Waals surface area contributed by atoms with Crippen LogP contribution in [0.25, 0.3) is 0 Å². The Bertz CT molecular complexity index is 250. The zero-order valence-corrected chi connectivity index (χ0v) is 11.8. The third-order valence-corrected chi connectivity index (χ3v) is 5.44. The number of unbranched alkanes of at least 4 members (excludes halogenated alkanes) is 1. The summed E-state index contributed by atoms with van der Waals surface area (Å²) in [6, 6.07) is 0.695. The molecular weight excluding hydrogens is 240 g/mol. The number of carboxylic acids is 1. The first-order chi connectivity index (χ1) is 8.01. The summed E-state index contributed by atoms with van der Waals surface area (Å²) in [6.45, 7) is 5.93. The van der Waals surface area contributed by atoms with Gasteiger partial charge in [0.15, 0.2) is 0 Å². The van der Waals surface area contributed by atoms with E-state index in [0.717, 1.165) is 12.8 Å². The van der Waals surface area contributed by atoms with Gasteiger partial charge < -0.3 is 18.4 Å². The molecule has 0 heterocycles. The molecule has 0 aliphatic carbocycles. The van der Waals surface area contributed by atoms with Gasteiger partial charge in [0.1, 0.15) is 0 Å². The van der Waals surface area contributed by atoms with E-state index >= 15 is 0 Å². The topological polar surface area (TPSA) is 65.0 Å². The highest BCUT2D eigenvalue weighted by molar-refractivity contribution is 6.60. The molecule has 0 aromatic rings. The van der Waals surface area contributed by atoms with Gasteiger partial charge in [-0.3, -0.25) is 0 Å². The maximum absolute atomic E-state index is 10.5. The zero-order valence-electron chi connectivity index (χ0n) is 10.8. The molecule has 6 heteroatoms. The van der Waals surface area contributed by atoms with Crippen LogP contribution in [-0.2, 0) is 18.1 Å². The van der Waals surface area contributed by atoms with Crippen LogP contribution < -0.4 is 0 Å². The van der Waals surface area contributed by atoms with E-state index in [4.69, 9.17) is 18.4 Å². The average Bonchev–Trinajstić information content (AvgIpc) is 2.32. The second kappa shape index (κ2) is 8.41. The second-order valence-electron chi connectivity index (χ2n) is 3.64. The lowest BCUT2D eigenvalue weighted by molar-refractivity contribution is -0.132. The Morgan fingerprint density at radius 2 is 1.88 bits per heavy atom. The quantitative estimate of drug-likeness (QED) is 0.371. The molecule has 0 aromatic heterocycles. The standard InChI is InChI=1S/C11H22O5Si/c1-5-16-17(14-3,15-4)9-7-6-8-10(2)11(12)13/h2,5-9H2,1,3-4H3,(H,12,13). The van der Waals surface area contributed by atoms with Gasteiger partial charge in [-0.2, -0.15) is 0 Å². The summed E-state index contributed by atoms with van der Waals surface area (Å²) in [5, 5.41) is 8.65. The van der Waals surface area contributed by atoms with Gasteiger partial charge in [0.25, 0.3) is 0 Å². The van der Waals surface area contributed by atoms with E-state index < -0.39 is 14.8 Å². The molecule has 0 bridgehead atoms. The Morgan fingerprint density at radius 3 is 2.29 bits per heavy atom. The molecule has 0 saturated carbocycles. The molecule has 0 atom stereocenters. The number of hydrogen-bond acceptors (Lipinski definition) is 4. The van der Waals surface area contributed by atoms with E-state index in [9.17, 15) is 4.79 Å². The Labute approximate surface area is 104 Å². The molecular formula is C11H22O5Si. The lowest BCUT2D eigenvalue weighted by atomic mass is 10.1. The Morgan fingerprint density at radius 1 is 1.29 bits per heavy atom. The molecule has 17 heavy (non-hydrogen) atoms. The minimum atomic E-state index is -2.52.